The molecule has 1 N–H and O–H groups in total. The van der Waals surface area contributed by atoms with Crippen LogP contribution in [0.3, 0.4) is 0 Å². The molecular formula is C13H12BrFN2O. The van der Waals surface area contributed by atoms with Crippen LogP contribution in [-0.4, -0.2) is 9.97 Å². The third kappa shape index (κ3) is 2.85. The van der Waals surface area contributed by atoms with E-state index >= 15 is 0 Å². The van der Waals surface area contributed by atoms with Crippen LogP contribution in [0.4, 0.5) is 4.39 Å². The standard InChI is InChI=1S/C13H12BrFN2O/c1-8(14)12-11(15)13(18)17-10(16-12)7-9-5-3-2-4-6-9/h2-6,8H,7H2,1H3,(H,16,17,18). The minimum Gasteiger partial charge on any atom is -0.308 e. The number of aromatic nitrogens is 2. The van der Waals surface area contributed by atoms with E-state index in [2.05, 4.69) is 25.9 Å². The number of hydrogen-bond donors (Lipinski definition) is 1. The molecule has 0 amide bonds. The Bertz CT molecular complexity index is 596. The summed E-state index contributed by atoms with van der Waals surface area (Å²) in [5.41, 5.74) is 0.433. The molecule has 3 nitrogen and oxygen atoms in total. The average molecular weight is 311 g/mol. The van der Waals surface area contributed by atoms with E-state index in [1.807, 2.05) is 30.3 Å². The van der Waals surface area contributed by atoms with Crippen molar-refractivity contribution in [1.29, 1.82) is 0 Å². The van der Waals surface area contributed by atoms with Gasteiger partial charge in [-0.15, -0.1) is 0 Å². The number of benzene rings is 1. The first-order chi connectivity index (χ1) is 8.58. The fourth-order valence-electron chi connectivity index (χ4n) is 1.66. The maximum atomic E-state index is 13.5. The minimum absolute atomic E-state index is 0.143. The van der Waals surface area contributed by atoms with Gasteiger partial charge in [0.1, 0.15) is 5.82 Å². The second-order valence-electron chi connectivity index (χ2n) is 3.99. The molecule has 0 aliphatic heterocycles. The van der Waals surface area contributed by atoms with E-state index in [4.69, 9.17) is 0 Å². The van der Waals surface area contributed by atoms with Crippen LogP contribution in [0.1, 0.15) is 28.8 Å². The largest absolute Gasteiger partial charge is 0.308 e. The van der Waals surface area contributed by atoms with Crippen molar-refractivity contribution >= 4 is 15.9 Å². The van der Waals surface area contributed by atoms with E-state index in [0.717, 1.165) is 5.56 Å². The van der Waals surface area contributed by atoms with E-state index < -0.39 is 11.4 Å². The fraction of sp³-hybridized carbons (Fsp3) is 0.231. The molecule has 1 aromatic carbocycles. The van der Waals surface area contributed by atoms with E-state index in [1.54, 1.807) is 6.92 Å². The van der Waals surface area contributed by atoms with E-state index in [9.17, 15) is 9.18 Å². The Morgan fingerprint density at radius 3 is 2.67 bits per heavy atom. The summed E-state index contributed by atoms with van der Waals surface area (Å²) in [5.74, 6) is -0.356. The quantitative estimate of drug-likeness (QED) is 0.886. The van der Waals surface area contributed by atoms with Gasteiger partial charge in [-0.2, -0.15) is 4.39 Å². The summed E-state index contributed by atoms with van der Waals surface area (Å²) in [6, 6.07) is 9.59. The molecule has 1 atom stereocenters. The van der Waals surface area contributed by atoms with Gasteiger partial charge in [-0.3, -0.25) is 4.79 Å². The van der Waals surface area contributed by atoms with Gasteiger partial charge in [-0.05, 0) is 12.5 Å². The second kappa shape index (κ2) is 5.44. The number of hydrogen-bond acceptors (Lipinski definition) is 2. The molecule has 0 saturated carbocycles. The van der Waals surface area contributed by atoms with Crippen molar-refractivity contribution in [2.75, 3.05) is 0 Å². The average Bonchev–Trinajstić information content (AvgIpc) is 2.34. The third-order valence-electron chi connectivity index (χ3n) is 2.53. The smallest absolute Gasteiger partial charge is 0.287 e. The van der Waals surface area contributed by atoms with Gasteiger partial charge in [-0.25, -0.2) is 4.98 Å². The monoisotopic (exact) mass is 310 g/mol. The molecule has 0 fully saturated rings. The number of nitrogens with zero attached hydrogens (tertiary/aromatic N) is 1. The first-order valence-electron chi connectivity index (χ1n) is 5.54. The SMILES string of the molecule is CC(Br)c1nc(Cc2ccccc2)[nH]c(=O)c1F. The molecule has 0 aliphatic carbocycles. The van der Waals surface area contributed by atoms with Crippen molar-refractivity contribution in [2.24, 2.45) is 0 Å². The molecule has 1 heterocycles. The number of nitrogens with one attached hydrogen (secondary N) is 1. The molecule has 0 spiro atoms. The van der Waals surface area contributed by atoms with Crippen LogP contribution < -0.4 is 5.56 Å². The van der Waals surface area contributed by atoms with Crippen LogP contribution in [0.25, 0.3) is 0 Å². The molecule has 1 aromatic heterocycles. The normalized spacial score (nSPS) is 12.4. The Hall–Kier alpha value is -1.49. The van der Waals surface area contributed by atoms with Crippen LogP contribution in [0.5, 0.6) is 0 Å². The molecule has 0 aliphatic rings. The molecular weight excluding hydrogens is 299 g/mol. The van der Waals surface area contributed by atoms with Gasteiger partial charge in [0.05, 0.1) is 10.5 Å². The lowest BCUT2D eigenvalue weighted by Crippen LogP contribution is -2.19. The number of alkyl halides is 1. The van der Waals surface area contributed by atoms with Crippen molar-refractivity contribution in [3.8, 4) is 0 Å². The lowest BCUT2D eigenvalue weighted by Gasteiger charge is -2.07. The highest BCUT2D eigenvalue weighted by molar-refractivity contribution is 9.09. The van der Waals surface area contributed by atoms with E-state index in [0.29, 0.717) is 12.2 Å². The van der Waals surface area contributed by atoms with E-state index in [1.165, 1.54) is 0 Å². The third-order valence-corrected chi connectivity index (χ3v) is 2.96. The van der Waals surface area contributed by atoms with Crippen molar-refractivity contribution in [1.82, 2.24) is 9.97 Å². The number of rotatable bonds is 3. The van der Waals surface area contributed by atoms with Crippen LogP contribution in [0.2, 0.25) is 0 Å². The Morgan fingerprint density at radius 1 is 1.39 bits per heavy atom. The first-order valence-corrected chi connectivity index (χ1v) is 6.46. The van der Waals surface area contributed by atoms with Crippen LogP contribution in [0.15, 0.2) is 35.1 Å². The molecule has 18 heavy (non-hydrogen) atoms. The summed E-state index contributed by atoms with van der Waals surface area (Å²) in [6.07, 6.45) is 0.475. The summed E-state index contributed by atoms with van der Waals surface area (Å²) in [4.78, 5) is 17.8. The number of aromatic amines is 1. The lowest BCUT2D eigenvalue weighted by molar-refractivity contribution is 0.574. The molecule has 0 saturated heterocycles. The van der Waals surface area contributed by atoms with E-state index in [-0.39, 0.29) is 10.5 Å². The van der Waals surface area contributed by atoms with Gasteiger partial charge in [0.2, 0.25) is 5.82 Å². The maximum absolute atomic E-state index is 13.5. The minimum atomic E-state index is -0.823. The van der Waals surface area contributed by atoms with Crippen molar-refractivity contribution < 1.29 is 4.39 Å². The highest BCUT2D eigenvalue weighted by Gasteiger charge is 2.15. The maximum Gasteiger partial charge on any atom is 0.287 e. The molecule has 1 unspecified atom stereocenters. The Balaban J connectivity index is 2.38. The predicted molar refractivity (Wildman–Crippen MR) is 71.4 cm³/mol. The Kier molecular flexibility index (Phi) is 3.91. The molecule has 0 radical (unpaired) electrons. The van der Waals surface area contributed by atoms with Crippen LogP contribution in [0, 0.1) is 5.82 Å². The topological polar surface area (TPSA) is 45.8 Å². The van der Waals surface area contributed by atoms with Gasteiger partial charge in [0.15, 0.2) is 0 Å². The molecule has 2 aromatic rings. The molecule has 2 rings (SSSR count). The Morgan fingerprint density at radius 2 is 2.06 bits per heavy atom. The summed E-state index contributed by atoms with van der Waals surface area (Å²) < 4.78 is 13.5. The van der Waals surface area contributed by atoms with Gasteiger partial charge in [0.25, 0.3) is 5.56 Å². The highest BCUT2D eigenvalue weighted by atomic mass is 79.9. The van der Waals surface area contributed by atoms with Crippen molar-refractivity contribution in [3.63, 3.8) is 0 Å². The van der Waals surface area contributed by atoms with Crippen LogP contribution in [-0.2, 0) is 6.42 Å². The summed E-state index contributed by atoms with van der Waals surface area (Å²) in [5, 5.41) is 0. The zero-order valence-electron chi connectivity index (χ0n) is 9.78. The second-order valence-corrected chi connectivity index (χ2v) is 5.36. The highest BCUT2D eigenvalue weighted by Crippen LogP contribution is 2.20. The van der Waals surface area contributed by atoms with Gasteiger partial charge >= 0.3 is 0 Å². The fourth-order valence-corrected chi connectivity index (χ4v) is 1.96. The molecule has 5 heteroatoms. The lowest BCUT2D eigenvalue weighted by atomic mass is 10.1. The van der Waals surface area contributed by atoms with Crippen molar-refractivity contribution in [3.05, 3.63) is 63.6 Å². The summed E-state index contributed by atoms with van der Waals surface area (Å²) in [7, 11) is 0. The summed E-state index contributed by atoms with van der Waals surface area (Å²) >= 11 is 3.23. The first kappa shape index (κ1) is 13.0. The zero-order chi connectivity index (χ0) is 13.1. The zero-order valence-corrected chi connectivity index (χ0v) is 11.4. The molecule has 94 valence electrons. The van der Waals surface area contributed by atoms with Gasteiger partial charge in [0, 0.05) is 6.42 Å². The number of H-pyrrole nitrogens is 1. The molecule has 0 bridgehead atoms. The Labute approximate surface area is 112 Å². The van der Waals surface area contributed by atoms with Gasteiger partial charge in [-0.1, -0.05) is 46.3 Å². The summed E-state index contributed by atoms with van der Waals surface area (Å²) in [6.45, 7) is 1.73. The van der Waals surface area contributed by atoms with Crippen molar-refractivity contribution in [2.45, 2.75) is 18.2 Å². The van der Waals surface area contributed by atoms with Crippen LogP contribution >= 0.6 is 15.9 Å². The number of halogens is 2. The predicted octanol–water partition coefficient (Wildman–Crippen LogP) is 2.96. The van der Waals surface area contributed by atoms with Gasteiger partial charge < -0.3 is 4.98 Å².